The summed E-state index contributed by atoms with van der Waals surface area (Å²) in [6.07, 6.45) is 3.66. The van der Waals surface area contributed by atoms with Crippen LogP contribution in [0, 0.1) is 0 Å². The van der Waals surface area contributed by atoms with Crippen molar-refractivity contribution in [3.63, 3.8) is 0 Å². The molecule has 1 aliphatic rings. The normalized spacial score (nSPS) is 18.2. The lowest BCUT2D eigenvalue weighted by Gasteiger charge is -2.36. The molecule has 20 heavy (non-hydrogen) atoms. The molecular weight excluding hydrogens is 270 g/mol. The van der Waals surface area contributed by atoms with Crippen LogP contribution in [-0.4, -0.2) is 43.7 Å². The van der Waals surface area contributed by atoms with Crippen molar-refractivity contribution >= 4 is 17.3 Å². The fraction of sp³-hybridized carbons (Fsp3) is 0.625. The van der Waals surface area contributed by atoms with Gasteiger partial charge in [0.1, 0.15) is 0 Å². The Morgan fingerprint density at radius 3 is 2.35 bits per heavy atom. The van der Waals surface area contributed by atoms with Gasteiger partial charge in [-0.2, -0.15) is 0 Å². The largest absolute Gasteiger partial charge is 0.369 e. The van der Waals surface area contributed by atoms with Crippen molar-refractivity contribution in [2.75, 3.05) is 37.6 Å². The second-order valence-corrected chi connectivity index (χ2v) is 6.21. The molecule has 0 radical (unpaired) electrons. The zero-order chi connectivity index (χ0) is 14.4. The maximum atomic E-state index is 5.93. The topological polar surface area (TPSA) is 32.5 Å². The van der Waals surface area contributed by atoms with E-state index >= 15 is 0 Å². The molecule has 1 heterocycles. The fourth-order valence-electron chi connectivity index (χ4n) is 2.68. The van der Waals surface area contributed by atoms with Gasteiger partial charge < -0.3 is 10.6 Å². The van der Waals surface area contributed by atoms with Crippen LogP contribution >= 0.6 is 11.6 Å². The molecule has 0 aromatic heterocycles. The van der Waals surface area contributed by atoms with Gasteiger partial charge in [0.15, 0.2) is 0 Å². The van der Waals surface area contributed by atoms with Crippen molar-refractivity contribution in [3.05, 3.63) is 29.3 Å². The third kappa shape index (κ3) is 4.97. The van der Waals surface area contributed by atoms with Gasteiger partial charge >= 0.3 is 0 Å². The highest BCUT2D eigenvalue weighted by Crippen LogP contribution is 2.19. The third-order valence-electron chi connectivity index (χ3n) is 3.95. The first kappa shape index (κ1) is 15.6. The standard InChI is InChI=1S/C16H26ClN3/c1-14(18)4-2-3-9-19-10-12-20(13-11-19)16-7-5-15(17)6-8-16/h5-8,14H,2-4,9-13,18H2,1H3. The second-order valence-electron chi connectivity index (χ2n) is 5.78. The van der Waals surface area contributed by atoms with Crippen LogP contribution in [-0.2, 0) is 0 Å². The minimum absolute atomic E-state index is 0.344. The van der Waals surface area contributed by atoms with E-state index in [1.165, 1.54) is 25.1 Å². The molecule has 0 spiro atoms. The average Bonchev–Trinajstić information content (AvgIpc) is 2.45. The van der Waals surface area contributed by atoms with Crippen LogP contribution in [0.1, 0.15) is 26.2 Å². The van der Waals surface area contributed by atoms with E-state index < -0.39 is 0 Å². The summed E-state index contributed by atoms with van der Waals surface area (Å²) in [5.41, 5.74) is 7.06. The molecule has 1 fully saturated rings. The van der Waals surface area contributed by atoms with Gasteiger partial charge in [0.05, 0.1) is 0 Å². The van der Waals surface area contributed by atoms with Crippen molar-refractivity contribution in [1.82, 2.24) is 4.90 Å². The van der Waals surface area contributed by atoms with Crippen LogP contribution in [0.4, 0.5) is 5.69 Å². The number of benzene rings is 1. The van der Waals surface area contributed by atoms with E-state index in [0.717, 1.165) is 37.6 Å². The van der Waals surface area contributed by atoms with Crippen LogP contribution < -0.4 is 10.6 Å². The monoisotopic (exact) mass is 295 g/mol. The van der Waals surface area contributed by atoms with Crippen molar-refractivity contribution in [2.45, 2.75) is 32.2 Å². The molecule has 1 aromatic carbocycles. The summed E-state index contributed by atoms with van der Waals surface area (Å²) in [5, 5.41) is 0.807. The number of piperazine rings is 1. The highest BCUT2D eigenvalue weighted by Gasteiger charge is 2.16. The minimum Gasteiger partial charge on any atom is -0.369 e. The molecule has 2 N–H and O–H groups in total. The third-order valence-corrected chi connectivity index (χ3v) is 4.20. The molecule has 0 bridgehead atoms. The first-order chi connectivity index (χ1) is 9.65. The van der Waals surface area contributed by atoms with Gasteiger partial charge in [-0.1, -0.05) is 18.0 Å². The van der Waals surface area contributed by atoms with E-state index in [1.54, 1.807) is 0 Å². The highest BCUT2D eigenvalue weighted by atomic mass is 35.5. The van der Waals surface area contributed by atoms with E-state index in [4.69, 9.17) is 17.3 Å². The van der Waals surface area contributed by atoms with E-state index in [1.807, 2.05) is 12.1 Å². The van der Waals surface area contributed by atoms with Gasteiger partial charge in [-0.3, -0.25) is 4.90 Å². The predicted octanol–water partition coefficient (Wildman–Crippen LogP) is 2.98. The summed E-state index contributed by atoms with van der Waals surface area (Å²) in [7, 11) is 0. The Labute approximate surface area is 127 Å². The molecule has 4 heteroatoms. The summed E-state index contributed by atoms with van der Waals surface area (Å²) >= 11 is 5.93. The lowest BCUT2D eigenvalue weighted by Crippen LogP contribution is -2.46. The Morgan fingerprint density at radius 1 is 1.10 bits per heavy atom. The smallest absolute Gasteiger partial charge is 0.0407 e. The van der Waals surface area contributed by atoms with Crippen molar-refractivity contribution in [2.24, 2.45) is 5.73 Å². The zero-order valence-electron chi connectivity index (χ0n) is 12.4. The van der Waals surface area contributed by atoms with Gasteiger partial charge in [-0.05, 0) is 50.6 Å². The quantitative estimate of drug-likeness (QED) is 0.819. The van der Waals surface area contributed by atoms with E-state index in [0.29, 0.717) is 6.04 Å². The molecule has 1 atom stereocenters. The number of unbranched alkanes of at least 4 members (excludes halogenated alkanes) is 1. The molecule has 1 unspecified atom stereocenters. The van der Waals surface area contributed by atoms with Crippen LogP contribution in [0.15, 0.2) is 24.3 Å². The van der Waals surface area contributed by atoms with Crippen LogP contribution in [0.5, 0.6) is 0 Å². The predicted molar refractivity (Wildman–Crippen MR) is 87.6 cm³/mol. The highest BCUT2D eigenvalue weighted by molar-refractivity contribution is 6.30. The SMILES string of the molecule is CC(N)CCCCN1CCN(c2ccc(Cl)cc2)CC1. The Balaban J connectivity index is 1.68. The number of hydrogen-bond donors (Lipinski definition) is 1. The number of nitrogens with two attached hydrogens (primary N) is 1. The van der Waals surface area contributed by atoms with Gasteiger partial charge in [0.25, 0.3) is 0 Å². The second kappa shape index (κ2) is 7.87. The molecule has 0 aliphatic carbocycles. The number of nitrogens with zero attached hydrogens (tertiary/aromatic N) is 2. The Bertz CT molecular complexity index is 383. The first-order valence-corrected chi connectivity index (χ1v) is 8.01. The number of halogens is 1. The summed E-state index contributed by atoms with van der Waals surface area (Å²) < 4.78 is 0. The number of anilines is 1. The number of rotatable bonds is 6. The molecule has 1 aromatic rings. The zero-order valence-corrected chi connectivity index (χ0v) is 13.1. The molecule has 0 amide bonds. The fourth-order valence-corrected chi connectivity index (χ4v) is 2.81. The molecular formula is C16H26ClN3. The van der Waals surface area contributed by atoms with Gasteiger partial charge in [-0.25, -0.2) is 0 Å². The van der Waals surface area contributed by atoms with Crippen LogP contribution in [0.3, 0.4) is 0 Å². The lowest BCUT2D eigenvalue weighted by atomic mass is 10.1. The van der Waals surface area contributed by atoms with Gasteiger partial charge in [0.2, 0.25) is 0 Å². The molecule has 3 nitrogen and oxygen atoms in total. The number of hydrogen-bond acceptors (Lipinski definition) is 3. The van der Waals surface area contributed by atoms with E-state index in [9.17, 15) is 0 Å². The molecule has 1 aliphatic heterocycles. The van der Waals surface area contributed by atoms with Gasteiger partial charge in [0, 0.05) is 42.9 Å². The summed E-state index contributed by atoms with van der Waals surface area (Å²) in [6.45, 7) is 7.82. The summed E-state index contributed by atoms with van der Waals surface area (Å²) in [6, 6.07) is 8.51. The van der Waals surface area contributed by atoms with E-state index in [2.05, 4.69) is 28.9 Å². The molecule has 2 rings (SSSR count). The average molecular weight is 296 g/mol. The minimum atomic E-state index is 0.344. The molecule has 112 valence electrons. The van der Waals surface area contributed by atoms with Crippen molar-refractivity contribution in [3.8, 4) is 0 Å². The van der Waals surface area contributed by atoms with Crippen LogP contribution in [0.25, 0.3) is 0 Å². The van der Waals surface area contributed by atoms with Crippen molar-refractivity contribution in [1.29, 1.82) is 0 Å². The lowest BCUT2D eigenvalue weighted by molar-refractivity contribution is 0.251. The van der Waals surface area contributed by atoms with E-state index in [-0.39, 0.29) is 0 Å². The maximum Gasteiger partial charge on any atom is 0.0407 e. The summed E-state index contributed by atoms with van der Waals surface area (Å²) in [5.74, 6) is 0. The van der Waals surface area contributed by atoms with Crippen molar-refractivity contribution < 1.29 is 0 Å². The Hall–Kier alpha value is -0.770. The Kier molecular flexibility index (Phi) is 6.14. The molecule has 0 saturated carbocycles. The first-order valence-electron chi connectivity index (χ1n) is 7.63. The maximum absolute atomic E-state index is 5.93. The molecule has 1 saturated heterocycles. The summed E-state index contributed by atoms with van der Waals surface area (Å²) in [4.78, 5) is 5.00. The van der Waals surface area contributed by atoms with Crippen LogP contribution in [0.2, 0.25) is 5.02 Å². The van der Waals surface area contributed by atoms with Gasteiger partial charge in [-0.15, -0.1) is 0 Å². The Morgan fingerprint density at radius 2 is 1.75 bits per heavy atom.